The molecule has 0 N–H and O–H groups in total. The third kappa shape index (κ3) is 5.48. The van der Waals surface area contributed by atoms with Crippen LogP contribution < -0.4 is 0 Å². The van der Waals surface area contributed by atoms with Gasteiger partial charge in [0.2, 0.25) is 10.0 Å². The van der Waals surface area contributed by atoms with Crippen molar-refractivity contribution in [3.8, 4) is 0 Å². The molecule has 1 aliphatic heterocycles. The predicted octanol–water partition coefficient (Wildman–Crippen LogP) is 5.23. The SMILES string of the molecule is O=S(=O)(Cc1cccc(Cl)c1)N1CCN([C@H](c2ccccc2)c2ccc(Cl)cc2)CC1. The molecule has 1 atom stereocenters. The molecule has 0 aromatic heterocycles. The fraction of sp³-hybridized carbons (Fsp3) is 0.250. The molecule has 0 bridgehead atoms. The Bertz CT molecular complexity index is 1110. The Kier molecular flexibility index (Phi) is 6.99. The van der Waals surface area contributed by atoms with E-state index >= 15 is 0 Å². The van der Waals surface area contributed by atoms with Gasteiger partial charge in [0.15, 0.2) is 0 Å². The average molecular weight is 475 g/mol. The highest BCUT2D eigenvalue weighted by Crippen LogP contribution is 2.31. The molecule has 0 saturated carbocycles. The van der Waals surface area contributed by atoms with Crippen LogP contribution in [0, 0.1) is 0 Å². The second kappa shape index (κ2) is 9.72. The summed E-state index contributed by atoms with van der Waals surface area (Å²) < 4.78 is 27.5. The van der Waals surface area contributed by atoms with Gasteiger partial charge in [-0.1, -0.05) is 77.8 Å². The van der Waals surface area contributed by atoms with Crippen molar-refractivity contribution in [3.63, 3.8) is 0 Å². The first-order chi connectivity index (χ1) is 14.9. The van der Waals surface area contributed by atoms with E-state index in [9.17, 15) is 8.42 Å². The molecule has 0 amide bonds. The van der Waals surface area contributed by atoms with Gasteiger partial charge in [-0.2, -0.15) is 4.31 Å². The summed E-state index contributed by atoms with van der Waals surface area (Å²) in [6, 6.07) is 25.3. The Morgan fingerprint density at radius 2 is 1.39 bits per heavy atom. The lowest BCUT2D eigenvalue weighted by atomic mass is 9.96. The van der Waals surface area contributed by atoms with Crippen LogP contribution in [-0.2, 0) is 15.8 Å². The third-order valence-electron chi connectivity index (χ3n) is 5.57. The highest BCUT2D eigenvalue weighted by atomic mass is 35.5. The summed E-state index contributed by atoms with van der Waals surface area (Å²) in [5.74, 6) is -0.0349. The van der Waals surface area contributed by atoms with Gasteiger partial charge >= 0.3 is 0 Å². The quantitative estimate of drug-likeness (QED) is 0.490. The first-order valence-electron chi connectivity index (χ1n) is 10.2. The van der Waals surface area contributed by atoms with Crippen LogP contribution in [0.3, 0.4) is 0 Å². The van der Waals surface area contributed by atoms with E-state index in [1.54, 1.807) is 28.6 Å². The Morgan fingerprint density at radius 3 is 2.03 bits per heavy atom. The van der Waals surface area contributed by atoms with Gasteiger partial charge in [-0.25, -0.2) is 8.42 Å². The number of rotatable bonds is 6. The van der Waals surface area contributed by atoms with Gasteiger partial charge in [0, 0.05) is 36.2 Å². The Hall–Kier alpha value is -1.89. The van der Waals surface area contributed by atoms with E-state index in [1.165, 1.54) is 5.56 Å². The van der Waals surface area contributed by atoms with Gasteiger partial charge in [-0.05, 0) is 41.0 Å². The van der Waals surface area contributed by atoms with Crippen molar-refractivity contribution >= 4 is 33.2 Å². The first-order valence-corrected chi connectivity index (χ1v) is 12.6. The summed E-state index contributed by atoms with van der Waals surface area (Å²) in [5.41, 5.74) is 3.03. The van der Waals surface area contributed by atoms with Crippen LogP contribution in [-0.4, -0.2) is 43.8 Å². The van der Waals surface area contributed by atoms with Crippen LogP contribution in [0.4, 0.5) is 0 Å². The second-order valence-corrected chi connectivity index (χ2v) is 10.5. The summed E-state index contributed by atoms with van der Waals surface area (Å²) in [4.78, 5) is 2.34. The van der Waals surface area contributed by atoms with Crippen LogP contribution in [0.1, 0.15) is 22.7 Å². The minimum Gasteiger partial charge on any atom is -0.290 e. The van der Waals surface area contributed by atoms with E-state index in [-0.39, 0.29) is 11.8 Å². The van der Waals surface area contributed by atoms with Crippen LogP contribution in [0.15, 0.2) is 78.9 Å². The fourth-order valence-electron chi connectivity index (χ4n) is 4.06. The van der Waals surface area contributed by atoms with E-state index in [1.807, 2.05) is 42.5 Å². The predicted molar refractivity (Wildman–Crippen MR) is 127 cm³/mol. The van der Waals surface area contributed by atoms with Gasteiger partial charge in [-0.3, -0.25) is 4.90 Å². The number of benzene rings is 3. The molecule has 0 radical (unpaired) electrons. The maximum atomic E-state index is 13.0. The number of hydrogen-bond acceptors (Lipinski definition) is 3. The van der Waals surface area contributed by atoms with Gasteiger partial charge in [-0.15, -0.1) is 0 Å². The molecule has 7 heteroatoms. The summed E-state index contributed by atoms with van der Waals surface area (Å²) in [5, 5.41) is 1.25. The molecular weight excluding hydrogens is 451 g/mol. The van der Waals surface area contributed by atoms with Crippen LogP contribution in [0.2, 0.25) is 10.0 Å². The fourth-order valence-corrected chi connectivity index (χ4v) is 5.90. The van der Waals surface area contributed by atoms with Crippen LogP contribution >= 0.6 is 23.2 Å². The van der Waals surface area contributed by atoms with Gasteiger partial charge in [0.05, 0.1) is 11.8 Å². The normalized spacial score (nSPS) is 16.8. The Morgan fingerprint density at radius 1 is 0.742 bits per heavy atom. The monoisotopic (exact) mass is 474 g/mol. The molecule has 4 rings (SSSR count). The van der Waals surface area contributed by atoms with E-state index in [4.69, 9.17) is 23.2 Å². The number of nitrogens with zero attached hydrogens (tertiary/aromatic N) is 2. The standard InChI is InChI=1S/C24H24Cl2N2O2S/c25-22-11-9-21(10-12-22)24(20-6-2-1-3-7-20)27-13-15-28(16-14-27)31(29,30)18-19-5-4-8-23(26)17-19/h1-12,17,24H,13-16,18H2/t24-/m1/s1. The van der Waals surface area contributed by atoms with Crippen molar-refractivity contribution in [1.29, 1.82) is 0 Å². The summed E-state index contributed by atoms with van der Waals surface area (Å²) in [6.07, 6.45) is 0. The molecule has 1 heterocycles. The van der Waals surface area contributed by atoms with Gasteiger partial charge in [0.25, 0.3) is 0 Å². The lowest BCUT2D eigenvalue weighted by molar-refractivity contribution is 0.155. The van der Waals surface area contributed by atoms with E-state index in [0.717, 1.165) is 5.56 Å². The first kappa shape index (κ1) is 22.3. The smallest absolute Gasteiger partial charge is 0.218 e. The zero-order valence-electron chi connectivity index (χ0n) is 17.0. The van der Waals surface area contributed by atoms with E-state index < -0.39 is 10.0 Å². The largest absolute Gasteiger partial charge is 0.290 e. The van der Waals surface area contributed by atoms with Crippen molar-refractivity contribution in [1.82, 2.24) is 9.21 Å². The van der Waals surface area contributed by atoms with Crippen molar-refractivity contribution < 1.29 is 8.42 Å². The lowest BCUT2D eigenvalue weighted by Crippen LogP contribution is -2.50. The zero-order valence-corrected chi connectivity index (χ0v) is 19.3. The maximum Gasteiger partial charge on any atom is 0.218 e. The number of piperazine rings is 1. The molecule has 3 aromatic carbocycles. The van der Waals surface area contributed by atoms with Crippen molar-refractivity contribution in [3.05, 3.63) is 106 Å². The average Bonchev–Trinajstić information content (AvgIpc) is 2.76. The molecule has 0 unspecified atom stereocenters. The molecule has 4 nitrogen and oxygen atoms in total. The highest BCUT2D eigenvalue weighted by molar-refractivity contribution is 7.88. The highest BCUT2D eigenvalue weighted by Gasteiger charge is 2.31. The number of sulfonamides is 1. The number of hydrogen-bond donors (Lipinski definition) is 0. The summed E-state index contributed by atoms with van der Waals surface area (Å²) >= 11 is 12.1. The Labute approximate surface area is 194 Å². The minimum absolute atomic E-state index is 0.0349. The topological polar surface area (TPSA) is 40.6 Å². The van der Waals surface area contributed by atoms with Gasteiger partial charge in [0.1, 0.15) is 0 Å². The van der Waals surface area contributed by atoms with E-state index in [0.29, 0.717) is 41.8 Å². The van der Waals surface area contributed by atoms with Crippen molar-refractivity contribution in [2.45, 2.75) is 11.8 Å². The molecule has 0 aliphatic carbocycles. The molecule has 162 valence electrons. The minimum atomic E-state index is -3.41. The molecule has 0 spiro atoms. The Balaban J connectivity index is 1.50. The lowest BCUT2D eigenvalue weighted by Gasteiger charge is -2.39. The molecule has 3 aromatic rings. The summed E-state index contributed by atoms with van der Waals surface area (Å²) in [6.45, 7) is 2.22. The zero-order chi connectivity index (χ0) is 21.8. The van der Waals surface area contributed by atoms with Crippen LogP contribution in [0.5, 0.6) is 0 Å². The van der Waals surface area contributed by atoms with E-state index in [2.05, 4.69) is 17.0 Å². The molecule has 31 heavy (non-hydrogen) atoms. The molecule has 1 fully saturated rings. The van der Waals surface area contributed by atoms with Gasteiger partial charge < -0.3 is 0 Å². The summed E-state index contributed by atoms with van der Waals surface area (Å²) in [7, 11) is -3.41. The molecule has 1 aliphatic rings. The van der Waals surface area contributed by atoms with Crippen LogP contribution in [0.25, 0.3) is 0 Å². The molecular formula is C24H24Cl2N2O2S. The van der Waals surface area contributed by atoms with Crippen molar-refractivity contribution in [2.75, 3.05) is 26.2 Å². The maximum absolute atomic E-state index is 13.0. The molecule has 1 saturated heterocycles. The number of halogens is 2. The third-order valence-corrected chi connectivity index (χ3v) is 7.91. The van der Waals surface area contributed by atoms with Crippen molar-refractivity contribution in [2.24, 2.45) is 0 Å². The second-order valence-electron chi connectivity index (χ2n) is 7.69.